The number of benzene rings is 6. The quantitative estimate of drug-likeness (QED) is 0.115. The van der Waals surface area contributed by atoms with Crippen molar-refractivity contribution in [3.8, 4) is 11.5 Å². The summed E-state index contributed by atoms with van der Waals surface area (Å²) in [5, 5.41) is 10.4. The highest BCUT2D eigenvalue weighted by atomic mass is 16.5. The minimum atomic E-state index is -0.785. The fraction of sp³-hybridized carbons (Fsp3) is 0.300. The van der Waals surface area contributed by atoms with Gasteiger partial charge in [-0.2, -0.15) is 0 Å². The van der Waals surface area contributed by atoms with Crippen molar-refractivity contribution >= 4 is 45.7 Å². The molecule has 340 valence electrons. The molecule has 0 atom stereocenters. The minimum absolute atomic E-state index is 0.0185. The maximum absolute atomic E-state index is 8.05. The molecule has 6 aromatic rings. The van der Waals surface area contributed by atoms with E-state index in [0.717, 1.165) is 103 Å². The molecule has 7 nitrogen and oxygen atoms in total. The zero-order chi connectivity index (χ0) is 45.4. The van der Waals surface area contributed by atoms with E-state index in [1.54, 1.807) is 0 Å². The maximum Gasteiger partial charge on any atom is 0.178 e. The van der Waals surface area contributed by atoms with Gasteiger partial charge in [-0.05, 0) is 148 Å². The predicted molar refractivity (Wildman–Crippen MR) is 278 cm³/mol. The van der Waals surface area contributed by atoms with Crippen LogP contribution in [0.25, 0.3) is 22.9 Å². The molecule has 0 aromatic heterocycles. The van der Waals surface area contributed by atoms with E-state index in [1.165, 1.54) is 85.6 Å². The van der Waals surface area contributed by atoms with Gasteiger partial charge < -0.3 is 34.2 Å². The summed E-state index contributed by atoms with van der Waals surface area (Å²) < 4.78 is 14.8. The van der Waals surface area contributed by atoms with Crippen molar-refractivity contribution in [3.63, 3.8) is 0 Å². The molecule has 6 heterocycles. The van der Waals surface area contributed by atoms with Crippen molar-refractivity contribution in [3.05, 3.63) is 192 Å². The Morgan fingerprint density at radius 3 is 0.955 bits per heavy atom. The summed E-state index contributed by atoms with van der Waals surface area (Å²) in [5.74, 6) is 1.77. The molecule has 0 unspecified atom stereocenters. The molecular weight excluding hydrogens is 825 g/mol. The van der Waals surface area contributed by atoms with Crippen molar-refractivity contribution in [2.45, 2.75) is 62.6 Å². The van der Waals surface area contributed by atoms with Gasteiger partial charge in [-0.3, -0.25) is 0 Å². The fourth-order valence-electron chi connectivity index (χ4n) is 11.3. The summed E-state index contributed by atoms with van der Waals surface area (Å²) in [4.78, 5) is 10.0. The number of aliphatic hydroxyl groups is 1. The molecule has 6 aliphatic rings. The van der Waals surface area contributed by atoms with Gasteiger partial charge in [0.1, 0.15) is 17.3 Å². The van der Waals surface area contributed by atoms with Crippen LogP contribution in [0.1, 0.15) is 84.7 Å². The molecule has 0 amide bonds. The summed E-state index contributed by atoms with van der Waals surface area (Å²) >= 11 is 0. The molecular formula is C60H62N4O3. The molecule has 0 aliphatic carbocycles. The van der Waals surface area contributed by atoms with Gasteiger partial charge in [-0.1, -0.05) is 73.8 Å². The van der Waals surface area contributed by atoms with Gasteiger partial charge in [0, 0.05) is 114 Å². The fourth-order valence-corrected chi connectivity index (χ4v) is 11.3. The molecule has 4 saturated heterocycles. The third-order valence-corrected chi connectivity index (χ3v) is 15.0. The number of rotatable bonds is 9. The Balaban J connectivity index is 0.000000941. The van der Waals surface area contributed by atoms with E-state index >= 15 is 0 Å². The van der Waals surface area contributed by atoms with Gasteiger partial charge in [0.05, 0.1) is 0 Å². The van der Waals surface area contributed by atoms with E-state index in [0.29, 0.717) is 0 Å². The number of anilines is 4. The van der Waals surface area contributed by atoms with Crippen LogP contribution in [0, 0.1) is 0 Å². The number of nitrogens with zero attached hydrogens (tertiary/aromatic N) is 4. The number of hydrogen-bond acceptors (Lipinski definition) is 7. The van der Waals surface area contributed by atoms with Gasteiger partial charge in [0.2, 0.25) is 0 Å². The van der Waals surface area contributed by atoms with Crippen molar-refractivity contribution in [2.24, 2.45) is 0 Å². The first kappa shape index (κ1) is 42.8. The summed E-state index contributed by atoms with van der Waals surface area (Å²) in [5.41, 5.74) is 10.3. The van der Waals surface area contributed by atoms with Crippen LogP contribution in [-0.2, 0) is 11.2 Å². The number of aliphatic hydroxyl groups excluding tert-OH is 1. The Morgan fingerprint density at radius 2 is 0.701 bits per heavy atom. The van der Waals surface area contributed by atoms with Gasteiger partial charge in [-0.25, -0.2) is 0 Å². The largest absolute Gasteiger partial charge is 0.509 e. The number of fused-ring (bicyclic) bond motifs is 5. The monoisotopic (exact) mass is 886 g/mol. The van der Waals surface area contributed by atoms with Gasteiger partial charge >= 0.3 is 0 Å². The van der Waals surface area contributed by atoms with Crippen molar-refractivity contribution in [2.75, 3.05) is 72.0 Å². The first-order valence-electron chi connectivity index (χ1n) is 24.7. The van der Waals surface area contributed by atoms with E-state index in [2.05, 4.69) is 178 Å². The van der Waals surface area contributed by atoms with Crippen LogP contribution in [0.4, 0.5) is 22.7 Å². The third kappa shape index (κ3) is 8.02. The molecule has 6 aromatic carbocycles. The Hall–Kier alpha value is -6.86. The van der Waals surface area contributed by atoms with Crippen LogP contribution in [0.2, 0.25) is 0 Å². The number of allylic oxidation sites excluding steroid dienone is 1. The highest BCUT2D eigenvalue weighted by Crippen LogP contribution is 2.50. The molecule has 0 radical (unpaired) electrons. The van der Waals surface area contributed by atoms with Crippen molar-refractivity contribution in [1.29, 1.82) is 0 Å². The average molecular weight is 887 g/mol. The molecule has 0 saturated carbocycles. The summed E-state index contributed by atoms with van der Waals surface area (Å²) in [6, 6.07) is 45.4. The second-order valence-corrected chi connectivity index (χ2v) is 19.1. The average Bonchev–Trinajstić information content (AvgIpc) is 4.26. The smallest absolute Gasteiger partial charge is 0.178 e. The Kier molecular flexibility index (Phi) is 11.5. The standard InChI is InChI=1S/C56H56N4O2.C4H6O/c1-2-34-57(33-1)46-19-11-42(12-20-46)55(43-13-21-47(22-14-43)58-35-3-4-36-58)31-29-50-52(61-55)27-9-41-10-28-53-51(54(41)50)30-32-56(62-53,44-15-23-48(24-16-44)59-37-5-6-38-59)45-17-25-49(26-18-45)60-39-7-8-40-60;1-3-4(2)5/h9-32H,1-8,33-40H2;3,5H,1-2H2. The lowest BCUT2D eigenvalue weighted by atomic mass is 9.81. The lowest BCUT2D eigenvalue weighted by Gasteiger charge is -2.38. The van der Waals surface area contributed by atoms with E-state index in [4.69, 9.17) is 14.6 Å². The van der Waals surface area contributed by atoms with E-state index < -0.39 is 11.2 Å². The second kappa shape index (κ2) is 18.1. The lowest BCUT2D eigenvalue weighted by molar-refractivity contribution is 0.160. The third-order valence-electron chi connectivity index (χ3n) is 15.0. The van der Waals surface area contributed by atoms with Crippen LogP contribution in [0.15, 0.2) is 158 Å². The van der Waals surface area contributed by atoms with Crippen LogP contribution < -0.4 is 29.1 Å². The SMILES string of the molecule is C1=CC(c2ccc(N3CCCC3)cc2)(c2ccc(N3CCCC3)cc2)Oc2ccc3ccc4c(c3c21)C=CC(c1ccc(N2CCCC2)cc1)(c1ccc(N2CCCC2)cc1)O4.C=CC(=C)O. The van der Waals surface area contributed by atoms with Crippen LogP contribution in [-0.4, -0.2) is 57.5 Å². The first-order valence-corrected chi connectivity index (χ1v) is 24.7. The maximum atomic E-state index is 8.05. The zero-order valence-electron chi connectivity index (χ0n) is 38.7. The van der Waals surface area contributed by atoms with E-state index in [9.17, 15) is 0 Å². The van der Waals surface area contributed by atoms with Crippen LogP contribution >= 0.6 is 0 Å². The topological polar surface area (TPSA) is 51.7 Å². The highest BCUT2D eigenvalue weighted by Gasteiger charge is 2.41. The number of hydrogen-bond donors (Lipinski definition) is 1. The highest BCUT2D eigenvalue weighted by molar-refractivity contribution is 6.02. The van der Waals surface area contributed by atoms with Gasteiger partial charge in [0.25, 0.3) is 0 Å². The van der Waals surface area contributed by atoms with Crippen molar-refractivity contribution < 1.29 is 14.6 Å². The normalized spacial score (nSPS) is 18.8. The predicted octanol–water partition coefficient (Wildman–Crippen LogP) is 13.2. The van der Waals surface area contributed by atoms with Crippen LogP contribution in [0.5, 0.6) is 11.5 Å². The van der Waals surface area contributed by atoms with Crippen molar-refractivity contribution in [1.82, 2.24) is 0 Å². The van der Waals surface area contributed by atoms with E-state index in [1.807, 2.05) is 0 Å². The summed E-state index contributed by atoms with van der Waals surface area (Å²) in [6.45, 7) is 15.3. The summed E-state index contributed by atoms with van der Waals surface area (Å²) in [6.07, 6.45) is 20.6. The lowest BCUT2D eigenvalue weighted by Crippen LogP contribution is -2.35. The minimum Gasteiger partial charge on any atom is -0.509 e. The first-order chi connectivity index (χ1) is 32.9. The van der Waals surface area contributed by atoms with Crippen LogP contribution in [0.3, 0.4) is 0 Å². The molecule has 0 spiro atoms. The van der Waals surface area contributed by atoms with Gasteiger partial charge in [-0.15, -0.1) is 0 Å². The Morgan fingerprint density at radius 1 is 0.433 bits per heavy atom. The number of ether oxygens (including phenoxy) is 2. The molecule has 1 N–H and O–H groups in total. The Bertz CT molecular complexity index is 2500. The molecule has 0 bridgehead atoms. The van der Waals surface area contributed by atoms with Gasteiger partial charge in [0.15, 0.2) is 11.2 Å². The Labute approximate surface area is 396 Å². The van der Waals surface area contributed by atoms with E-state index in [-0.39, 0.29) is 5.76 Å². The molecule has 4 fully saturated rings. The molecule has 7 heteroatoms. The summed E-state index contributed by atoms with van der Waals surface area (Å²) in [7, 11) is 0. The second-order valence-electron chi connectivity index (χ2n) is 19.1. The zero-order valence-corrected chi connectivity index (χ0v) is 38.7. The molecule has 6 aliphatic heterocycles. The molecule has 67 heavy (non-hydrogen) atoms. The molecule has 12 rings (SSSR count).